The lowest BCUT2D eigenvalue weighted by atomic mass is 10.1. The maximum atomic E-state index is 13.1. The number of carbonyl (C=O) groups is 1. The molecule has 0 atom stereocenters. The van der Waals surface area contributed by atoms with Crippen LogP contribution in [0.3, 0.4) is 0 Å². The molecule has 0 fully saturated rings. The molecule has 0 spiro atoms. The Kier molecular flexibility index (Phi) is 5.53. The molecule has 5 rings (SSSR count). The lowest BCUT2D eigenvalue weighted by molar-refractivity contribution is 0.102. The number of amides is 1. The van der Waals surface area contributed by atoms with E-state index in [0.29, 0.717) is 33.6 Å². The first-order chi connectivity index (χ1) is 15.6. The molecule has 1 amide bonds. The Labute approximate surface area is 190 Å². The second-order valence-electron chi connectivity index (χ2n) is 7.71. The van der Waals surface area contributed by atoms with Crippen LogP contribution in [0.4, 0.5) is 5.69 Å². The zero-order chi connectivity index (χ0) is 22.1. The van der Waals surface area contributed by atoms with Crippen LogP contribution in [0.2, 0.25) is 0 Å². The van der Waals surface area contributed by atoms with Gasteiger partial charge in [0.05, 0.1) is 17.5 Å². The summed E-state index contributed by atoms with van der Waals surface area (Å²) in [4.78, 5) is 26.7. The lowest BCUT2D eigenvalue weighted by Gasteiger charge is -2.16. The number of carbonyl (C=O) groups excluding carboxylic acids is 1. The first-order valence-electron chi connectivity index (χ1n) is 10.6. The number of anilines is 1. The summed E-state index contributed by atoms with van der Waals surface area (Å²) >= 11 is 1.41. The van der Waals surface area contributed by atoms with Gasteiger partial charge in [0.25, 0.3) is 5.91 Å². The van der Waals surface area contributed by atoms with Crippen molar-refractivity contribution in [1.82, 2.24) is 19.5 Å². The van der Waals surface area contributed by atoms with Gasteiger partial charge in [0.15, 0.2) is 11.6 Å². The highest BCUT2D eigenvalue weighted by molar-refractivity contribution is 7.98. The summed E-state index contributed by atoms with van der Waals surface area (Å²) in [6.45, 7) is 2.82. The molecule has 1 aliphatic rings. The normalized spacial score (nSPS) is 13.1. The van der Waals surface area contributed by atoms with Gasteiger partial charge in [-0.2, -0.15) is 0 Å². The fourth-order valence-corrected chi connectivity index (χ4v) is 4.66. The number of aromatic nitrogens is 4. The minimum Gasteiger partial charge on any atom is -0.461 e. The summed E-state index contributed by atoms with van der Waals surface area (Å²) < 4.78 is 7.70. The van der Waals surface area contributed by atoms with Crippen LogP contribution in [-0.4, -0.2) is 31.7 Å². The monoisotopic (exact) mass is 445 g/mol. The number of hydrogen-bond donors (Lipinski definition) is 1. The molecular formula is C24H23N5O2S. The van der Waals surface area contributed by atoms with Gasteiger partial charge < -0.3 is 14.3 Å². The predicted molar refractivity (Wildman–Crippen MR) is 125 cm³/mol. The van der Waals surface area contributed by atoms with Crippen LogP contribution < -0.4 is 5.32 Å². The van der Waals surface area contributed by atoms with Gasteiger partial charge in [-0.25, -0.2) is 15.0 Å². The highest BCUT2D eigenvalue weighted by Gasteiger charge is 2.20. The third-order valence-corrected chi connectivity index (χ3v) is 6.30. The van der Waals surface area contributed by atoms with E-state index in [1.807, 2.05) is 43.6 Å². The molecule has 0 saturated heterocycles. The van der Waals surface area contributed by atoms with E-state index in [2.05, 4.69) is 24.8 Å². The number of imidazole rings is 1. The Balaban J connectivity index is 1.38. The zero-order valence-corrected chi connectivity index (χ0v) is 18.8. The van der Waals surface area contributed by atoms with Gasteiger partial charge in [0.2, 0.25) is 0 Å². The second-order valence-corrected chi connectivity index (χ2v) is 8.50. The van der Waals surface area contributed by atoms with Crippen LogP contribution in [0.25, 0.3) is 23.0 Å². The van der Waals surface area contributed by atoms with Gasteiger partial charge in [-0.1, -0.05) is 0 Å². The van der Waals surface area contributed by atoms with Gasteiger partial charge in [-0.3, -0.25) is 4.79 Å². The fourth-order valence-electron chi connectivity index (χ4n) is 4.03. The highest BCUT2D eigenvalue weighted by atomic mass is 32.2. The first-order valence-corrected chi connectivity index (χ1v) is 11.8. The maximum absolute atomic E-state index is 13.1. The molecule has 1 N–H and O–H groups in total. The van der Waals surface area contributed by atoms with Gasteiger partial charge in [-0.15, -0.1) is 11.8 Å². The molecule has 3 aromatic heterocycles. The van der Waals surface area contributed by atoms with Crippen molar-refractivity contribution in [1.29, 1.82) is 0 Å². The number of hydrogen-bond acceptors (Lipinski definition) is 6. The Morgan fingerprint density at radius 2 is 2.00 bits per heavy atom. The quantitative estimate of drug-likeness (QED) is 0.335. The molecule has 1 aliphatic heterocycles. The van der Waals surface area contributed by atoms with Gasteiger partial charge in [-0.05, 0) is 68.8 Å². The van der Waals surface area contributed by atoms with E-state index < -0.39 is 0 Å². The van der Waals surface area contributed by atoms with E-state index in [4.69, 9.17) is 4.42 Å². The molecule has 0 unspecified atom stereocenters. The minimum absolute atomic E-state index is 0.233. The van der Waals surface area contributed by atoms with Crippen LogP contribution >= 0.6 is 11.8 Å². The highest BCUT2D eigenvalue weighted by Crippen LogP contribution is 2.28. The number of furan rings is 1. The summed E-state index contributed by atoms with van der Waals surface area (Å²) in [5.41, 5.74) is 4.13. The Hall–Kier alpha value is -3.39. The van der Waals surface area contributed by atoms with Crippen molar-refractivity contribution in [3.8, 4) is 23.0 Å². The minimum atomic E-state index is -0.233. The van der Waals surface area contributed by atoms with Gasteiger partial charge in [0, 0.05) is 29.7 Å². The average Bonchev–Trinajstić information content (AvgIpc) is 3.49. The van der Waals surface area contributed by atoms with Crippen molar-refractivity contribution in [3.63, 3.8) is 0 Å². The third-order valence-electron chi connectivity index (χ3n) is 5.62. The molecule has 0 radical (unpaired) electrons. The van der Waals surface area contributed by atoms with Crippen LogP contribution in [0.1, 0.15) is 34.6 Å². The smallest absolute Gasteiger partial charge is 0.260 e. The molecule has 0 aliphatic carbocycles. The van der Waals surface area contributed by atoms with Crippen LogP contribution in [0.5, 0.6) is 0 Å². The average molecular weight is 446 g/mol. The second kappa shape index (κ2) is 8.63. The Bertz CT molecular complexity index is 1260. The summed E-state index contributed by atoms with van der Waals surface area (Å²) in [7, 11) is 0. The van der Waals surface area contributed by atoms with Crippen LogP contribution in [0.15, 0.2) is 58.3 Å². The predicted octanol–water partition coefficient (Wildman–Crippen LogP) is 5.22. The van der Waals surface area contributed by atoms with Crippen molar-refractivity contribution in [2.45, 2.75) is 37.8 Å². The lowest BCUT2D eigenvalue weighted by Crippen LogP contribution is -2.17. The summed E-state index contributed by atoms with van der Waals surface area (Å²) in [5, 5.41) is 3.59. The first kappa shape index (κ1) is 20.5. The topological polar surface area (TPSA) is 85.8 Å². The summed E-state index contributed by atoms with van der Waals surface area (Å²) in [5.74, 6) is 1.80. The maximum Gasteiger partial charge on any atom is 0.260 e. The Morgan fingerprint density at radius 1 is 1.16 bits per heavy atom. The Morgan fingerprint density at radius 3 is 2.75 bits per heavy atom. The van der Waals surface area contributed by atoms with E-state index in [1.165, 1.54) is 30.3 Å². The van der Waals surface area contributed by atoms with Crippen molar-refractivity contribution >= 4 is 23.4 Å². The molecule has 8 heteroatoms. The molecule has 4 heterocycles. The molecule has 4 aromatic rings. The van der Waals surface area contributed by atoms with E-state index in [9.17, 15) is 4.79 Å². The van der Waals surface area contributed by atoms with Crippen molar-refractivity contribution < 1.29 is 9.21 Å². The molecular weight excluding hydrogens is 422 g/mol. The fraction of sp³-hybridized carbons (Fsp3) is 0.250. The molecule has 162 valence electrons. The van der Waals surface area contributed by atoms with E-state index in [1.54, 1.807) is 18.4 Å². The number of nitrogens with one attached hydrogen (secondary N) is 1. The van der Waals surface area contributed by atoms with Crippen molar-refractivity contribution in [2.75, 3.05) is 11.6 Å². The largest absolute Gasteiger partial charge is 0.461 e. The van der Waals surface area contributed by atoms with Crippen molar-refractivity contribution in [3.05, 3.63) is 65.8 Å². The van der Waals surface area contributed by atoms with E-state index in [0.717, 1.165) is 24.4 Å². The number of aryl methyl sites for hydroxylation is 2. The number of rotatable bonds is 5. The zero-order valence-electron chi connectivity index (χ0n) is 18.0. The summed E-state index contributed by atoms with van der Waals surface area (Å²) in [6, 6.07) is 11.4. The molecule has 1 aromatic carbocycles. The van der Waals surface area contributed by atoms with Gasteiger partial charge >= 0.3 is 0 Å². The molecule has 0 bridgehead atoms. The number of nitrogens with zero attached hydrogens (tertiary/aromatic N) is 4. The van der Waals surface area contributed by atoms with Crippen LogP contribution in [0, 0.1) is 6.92 Å². The van der Waals surface area contributed by atoms with E-state index in [-0.39, 0.29) is 5.91 Å². The molecule has 7 nitrogen and oxygen atoms in total. The number of thioether (sulfide) groups is 1. The van der Waals surface area contributed by atoms with Crippen molar-refractivity contribution in [2.24, 2.45) is 0 Å². The number of benzene rings is 1. The van der Waals surface area contributed by atoms with E-state index >= 15 is 0 Å². The number of fused-ring (bicyclic) bond motifs is 1. The van der Waals surface area contributed by atoms with Gasteiger partial charge in [0.1, 0.15) is 10.9 Å². The molecule has 32 heavy (non-hydrogen) atoms. The SMILES string of the molecule is CSc1nc(-c2ccco2)nc(C)c1C(=O)Nc1ccc(-c2ncc3n2CCCC3)cc1. The van der Waals surface area contributed by atoms with Crippen LogP contribution in [-0.2, 0) is 13.0 Å². The molecule has 0 saturated carbocycles. The summed E-state index contributed by atoms with van der Waals surface area (Å²) in [6.07, 6.45) is 8.94. The standard InChI is InChI=1S/C24H23N5O2S/c1-15-20(24(32-2)28-21(26-15)19-7-5-13-31-19)23(30)27-17-10-8-16(9-11-17)22-25-14-18-6-3-4-12-29(18)22/h5,7-11,13-14H,3-4,6,12H2,1-2H3,(H,27,30). The third kappa shape index (κ3) is 3.82.